The molecule has 2 amide bonds. The number of hydrogen-bond donors (Lipinski definition) is 1. The fraction of sp³-hybridized carbons (Fsp3) is 0.462. The van der Waals surface area contributed by atoms with Crippen LogP contribution in [0.3, 0.4) is 0 Å². The Hall–Kier alpha value is -5.28. The standard InChI is InChI=1S/C39H47FN6O8/c1-23-41-31-15-26(40)14-29(35(31)45(23)19-28(50-6)18-44(5)37(48)54-39(2,3)4)34-30-22-52-21-25(30)13-33(43-34)42-27-16-32(36(47)51-7)46(17-27)38(49)53-20-24-11-9-8-10-12-24/h8-15,27-28,32H,16-22H2,1-7H3,(H,42,43)/t27-,28-,32-/m0/s1. The van der Waals surface area contributed by atoms with Crippen LogP contribution in [-0.2, 0) is 54.8 Å². The lowest BCUT2D eigenvalue weighted by atomic mass is 10.0. The van der Waals surface area contributed by atoms with Crippen LogP contribution < -0.4 is 5.32 Å². The van der Waals surface area contributed by atoms with Gasteiger partial charge in [0.25, 0.3) is 0 Å². The first-order valence-electron chi connectivity index (χ1n) is 17.8. The summed E-state index contributed by atoms with van der Waals surface area (Å²) >= 11 is 0. The molecular weight excluding hydrogens is 699 g/mol. The summed E-state index contributed by atoms with van der Waals surface area (Å²) in [5.74, 6) is 0.0602. The van der Waals surface area contributed by atoms with E-state index in [0.29, 0.717) is 47.1 Å². The van der Waals surface area contributed by atoms with Gasteiger partial charge in [-0.3, -0.25) is 4.90 Å². The Balaban J connectivity index is 1.29. The molecule has 14 nitrogen and oxygen atoms in total. The number of imidazole rings is 1. The minimum atomic E-state index is -0.865. The summed E-state index contributed by atoms with van der Waals surface area (Å²) in [6.45, 7) is 8.60. The molecule has 0 saturated carbocycles. The second-order valence-corrected chi connectivity index (χ2v) is 14.6. The first kappa shape index (κ1) is 38.4. The van der Waals surface area contributed by atoms with Crippen LogP contribution in [0.2, 0.25) is 0 Å². The predicted molar refractivity (Wildman–Crippen MR) is 197 cm³/mol. The van der Waals surface area contributed by atoms with Crippen LogP contribution in [0.5, 0.6) is 0 Å². The second-order valence-electron chi connectivity index (χ2n) is 14.6. The van der Waals surface area contributed by atoms with Crippen molar-refractivity contribution in [2.75, 3.05) is 39.7 Å². The highest BCUT2D eigenvalue weighted by molar-refractivity contribution is 5.93. The molecule has 0 bridgehead atoms. The van der Waals surface area contributed by atoms with E-state index in [0.717, 1.165) is 16.7 Å². The van der Waals surface area contributed by atoms with Crippen molar-refractivity contribution >= 4 is 35.0 Å². The molecule has 2 aromatic heterocycles. The lowest BCUT2D eigenvalue weighted by Crippen LogP contribution is -2.41. The number of anilines is 1. The van der Waals surface area contributed by atoms with Gasteiger partial charge in [0.15, 0.2) is 0 Å². The largest absolute Gasteiger partial charge is 0.467 e. The Bertz CT molecular complexity index is 2020. The van der Waals surface area contributed by atoms with Crippen molar-refractivity contribution in [3.05, 3.63) is 76.9 Å². The van der Waals surface area contributed by atoms with E-state index in [1.54, 1.807) is 34.9 Å². The molecule has 15 heteroatoms. The van der Waals surface area contributed by atoms with Gasteiger partial charge in [-0.15, -0.1) is 0 Å². The molecule has 288 valence electrons. The van der Waals surface area contributed by atoms with Crippen LogP contribution >= 0.6 is 0 Å². The van der Waals surface area contributed by atoms with Gasteiger partial charge in [0.05, 0.1) is 56.2 Å². The van der Waals surface area contributed by atoms with Gasteiger partial charge in [0, 0.05) is 50.4 Å². The molecule has 6 rings (SSSR count). The smallest absolute Gasteiger partial charge is 0.410 e. The maximum Gasteiger partial charge on any atom is 0.410 e. The number of carbonyl (C=O) groups is 3. The predicted octanol–water partition coefficient (Wildman–Crippen LogP) is 5.82. The van der Waals surface area contributed by atoms with Crippen LogP contribution in [0, 0.1) is 12.7 Å². The molecule has 2 aliphatic rings. The van der Waals surface area contributed by atoms with E-state index in [1.807, 2.05) is 47.9 Å². The highest BCUT2D eigenvalue weighted by atomic mass is 19.1. The van der Waals surface area contributed by atoms with Crippen LogP contribution in [0.4, 0.5) is 19.8 Å². The van der Waals surface area contributed by atoms with Crippen molar-refractivity contribution < 1.29 is 42.5 Å². The fourth-order valence-corrected chi connectivity index (χ4v) is 6.87. The number of methoxy groups -OCH3 is 2. The molecule has 0 spiro atoms. The molecule has 3 atom stereocenters. The van der Waals surface area contributed by atoms with Gasteiger partial charge in [-0.25, -0.2) is 28.7 Å². The van der Waals surface area contributed by atoms with E-state index in [-0.39, 0.29) is 38.8 Å². The quantitative estimate of drug-likeness (QED) is 0.146. The summed E-state index contributed by atoms with van der Waals surface area (Å²) in [6, 6.07) is 12.7. The number of likely N-dealkylation sites (tertiary alicyclic amines) is 1. The average Bonchev–Trinajstić information content (AvgIpc) is 3.86. The lowest BCUT2D eigenvalue weighted by Gasteiger charge is -2.27. The van der Waals surface area contributed by atoms with Crippen LogP contribution in [-0.4, -0.2) is 101 Å². The summed E-state index contributed by atoms with van der Waals surface area (Å²) in [6.07, 6.45) is -1.31. The average molecular weight is 747 g/mol. The van der Waals surface area contributed by atoms with Gasteiger partial charge in [-0.05, 0) is 51.0 Å². The van der Waals surface area contributed by atoms with Gasteiger partial charge in [-0.2, -0.15) is 0 Å². The number of rotatable bonds is 11. The third-order valence-corrected chi connectivity index (χ3v) is 9.44. The van der Waals surface area contributed by atoms with Crippen molar-refractivity contribution in [1.29, 1.82) is 0 Å². The molecule has 0 radical (unpaired) electrons. The van der Waals surface area contributed by atoms with Crippen molar-refractivity contribution in [2.24, 2.45) is 0 Å². The minimum Gasteiger partial charge on any atom is -0.467 e. The molecule has 2 aromatic carbocycles. The third kappa shape index (κ3) is 8.57. The molecule has 4 heterocycles. The highest BCUT2D eigenvalue weighted by Gasteiger charge is 2.41. The Morgan fingerprint density at radius 1 is 1.09 bits per heavy atom. The summed E-state index contributed by atoms with van der Waals surface area (Å²) in [7, 11) is 4.50. The van der Waals surface area contributed by atoms with Crippen molar-refractivity contribution in [1.82, 2.24) is 24.3 Å². The van der Waals surface area contributed by atoms with E-state index < -0.39 is 41.7 Å². The first-order valence-corrected chi connectivity index (χ1v) is 17.8. The van der Waals surface area contributed by atoms with Crippen molar-refractivity contribution in [3.63, 3.8) is 0 Å². The summed E-state index contributed by atoms with van der Waals surface area (Å²) < 4.78 is 45.1. The molecule has 2 aliphatic heterocycles. The monoisotopic (exact) mass is 746 g/mol. The number of pyridine rings is 1. The molecule has 1 N–H and O–H groups in total. The topological polar surface area (TPSA) is 147 Å². The molecular formula is C39H47FN6O8. The number of esters is 1. The maximum atomic E-state index is 15.4. The molecule has 0 aliphatic carbocycles. The molecule has 0 unspecified atom stereocenters. The van der Waals surface area contributed by atoms with Gasteiger partial charge >= 0.3 is 18.2 Å². The number of carbonyl (C=O) groups excluding carboxylic acids is 3. The molecule has 1 saturated heterocycles. The number of nitrogens with zero attached hydrogens (tertiary/aromatic N) is 5. The molecule has 54 heavy (non-hydrogen) atoms. The normalized spacial score (nSPS) is 17.3. The van der Waals surface area contributed by atoms with Crippen LogP contribution in [0.15, 0.2) is 48.5 Å². The number of likely N-dealkylation sites (N-methyl/N-ethyl adjacent to an activating group) is 1. The number of aromatic nitrogens is 3. The summed E-state index contributed by atoms with van der Waals surface area (Å²) in [5, 5.41) is 3.41. The number of aryl methyl sites for hydroxylation is 1. The number of fused-ring (bicyclic) bond motifs is 2. The van der Waals surface area contributed by atoms with Gasteiger partial charge in [-0.1, -0.05) is 30.3 Å². The number of amides is 2. The Morgan fingerprint density at radius 3 is 2.56 bits per heavy atom. The number of benzene rings is 2. The SMILES string of the molecule is COC(=O)[C@@H]1C[C@H](Nc2cc3c(c(-c4cc(F)cc5nc(C)n(C[C@H](CN(C)C(=O)OC(C)(C)C)OC)c45)n2)COC3)CN1C(=O)OCc1ccccc1. The van der Waals surface area contributed by atoms with Crippen LogP contribution in [0.25, 0.3) is 22.3 Å². The van der Waals surface area contributed by atoms with E-state index in [4.69, 9.17) is 33.7 Å². The van der Waals surface area contributed by atoms with E-state index in [2.05, 4.69) is 5.32 Å². The zero-order chi connectivity index (χ0) is 38.7. The third-order valence-electron chi connectivity index (χ3n) is 9.44. The highest BCUT2D eigenvalue weighted by Crippen LogP contribution is 2.37. The van der Waals surface area contributed by atoms with E-state index >= 15 is 4.39 Å². The van der Waals surface area contributed by atoms with Crippen LogP contribution in [0.1, 0.15) is 49.7 Å². The van der Waals surface area contributed by atoms with Crippen molar-refractivity contribution in [3.8, 4) is 11.3 Å². The Morgan fingerprint density at radius 2 is 1.85 bits per heavy atom. The number of nitrogens with one attached hydrogen (secondary N) is 1. The first-order chi connectivity index (χ1) is 25.7. The summed E-state index contributed by atoms with van der Waals surface area (Å²) in [5.41, 5.74) is 3.96. The number of halogens is 1. The Labute approximate surface area is 313 Å². The fourth-order valence-electron chi connectivity index (χ4n) is 6.87. The number of hydrogen-bond acceptors (Lipinski definition) is 11. The second kappa shape index (κ2) is 16.0. The molecule has 1 fully saturated rings. The van der Waals surface area contributed by atoms with E-state index in [1.165, 1.54) is 29.0 Å². The minimum absolute atomic E-state index is 0.0572. The maximum absolute atomic E-state index is 15.4. The summed E-state index contributed by atoms with van der Waals surface area (Å²) in [4.78, 5) is 51.3. The van der Waals surface area contributed by atoms with Gasteiger partial charge < -0.3 is 38.5 Å². The number of ether oxygens (including phenoxy) is 5. The Kier molecular flexibility index (Phi) is 11.4. The zero-order valence-corrected chi connectivity index (χ0v) is 31.7. The lowest BCUT2D eigenvalue weighted by molar-refractivity contribution is -0.145. The van der Waals surface area contributed by atoms with Gasteiger partial charge in [0.2, 0.25) is 0 Å². The molecule has 4 aromatic rings. The van der Waals surface area contributed by atoms with Gasteiger partial charge in [0.1, 0.15) is 35.7 Å². The van der Waals surface area contributed by atoms with E-state index in [9.17, 15) is 14.4 Å². The zero-order valence-electron chi connectivity index (χ0n) is 31.7. The van der Waals surface area contributed by atoms with Crippen molar-refractivity contribution in [2.45, 2.75) is 84.3 Å².